The number of aromatic nitrogens is 1. The van der Waals surface area contributed by atoms with Crippen molar-refractivity contribution in [1.82, 2.24) is 15.2 Å². The van der Waals surface area contributed by atoms with Crippen molar-refractivity contribution in [3.63, 3.8) is 0 Å². The molecule has 3 heterocycles. The molecule has 1 N–H and O–H groups in total. The van der Waals surface area contributed by atoms with Crippen molar-refractivity contribution in [2.45, 2.75) is 74.2 Å². The number of nitrogens with zero attached hydrogens (tertiary/aromatic N) is 2. The van der Waals surface area contributed by atoms with Crippen LogP contribution >= 0.6 is 0 Å². The van der Waals surface area contributed by atoms with Gasteiger partial charge in [-0.25, -0.2) is 17.8 Å². The second-order valence-corrected chi connectivity index (χ2v) is 12.3. The quantitative estimate of drug-likeness (QED) is 0.669. The minimum Gasteiger partial charge on any atom is -0.348 e. The molecule has 2 aliphatic heterocycles. The fraction of sp³-hybridized carbons (Fsp3) is 0.577. The van der Waals surface area contributed by atoms with Gasteiger partial charge in [0.2, 0.25) is 0 Å². The number of ether oxygens (including phenoxy) is 2. The van der Waals surface area contributed by atoms with E-state index in [0.29, 0.717) is 74.2 Å². The average molecular weight is 504 g/mol. The lowest BCUT2D eigenvalue weighted by Crippen LogP contribution is -2.53. The summed E-state index contributed by atoms with van der Waals surface area (Å²) in [6.07, 6.45) is 3.49. The summed E-state index contributed by atoms with van der Waals surface area (Å²) in [7, 11) is -3.70. The Morgan fingerprint density at radius 1 is 1.11 bits per heavy atom. The van der Waals surface area contributed by atoms with E-state index in [9.17, 15) is 8.42 Å². The third-order valence-corrected chi connectivity index (χ3v) is 9.59. The van der Waals surface area contributed by atoms with Crippen LogP contribution in [-0.2, 0) is 25.9 Å². The fourth-order valence-corrected chi connectivity index (χ4v) is 7.65. The van der Waals surface area contributed by atoms with Gasteiger partial charge >= 0.3 is 0 Å². The normalized spacial score (nSPS) is 25.8. The molecule has 0 radical (unpaired) electrons. The number of nitrogens with one attached hydrogen (secondary N) is 1. The highest BCUT2D eigenvalue weighted by molar-refractivity contribution is 7.92. The second-order valence-electron chi connectivity index (χ2n) is 10.2. The number of hydrogen-bond donors (Lipinski definition) is 1. The maximum atomic E-state index is 15.2. The minimum atomic E-state index is -3.70. The van der Waals surface area contributed by atoms with Crippen LogP contribution in [0, 0.1) is 5.82 Å². The summed E-state index contributed by atoms with van der Waals surface area (Å²) in [6.45, 7) is 7.60. The Morgan fingerprint density at radius 2 is 1.80 bits per heavy atom. The van der Waals surface area contributed by atoms with Crippen LogP contribution < -0.4 is 5.32 Å². The number of piperazine rings is 1. The first-order chi connectivity index (χ1) is 16.8. The van der Waals surface area contributed by atoms with Crippen molar-refractivity contribution < 1.29 is 22.3 Å². The lowest BCUT2D eigenvalue weighted by atomic mass is 9.94. The topological polar surface area (TPSA) is 80.8 Å². The molecule has 9 heteroatoms. The van der Waals surface area contributed by atoms with Gasteiger partial charge in [-0.15, -0.1) is 0 Å². The Bertz CT molecular complexity index is 1150. The molecular formula is C26H34FN3O4S. The number of halogens is 1. The molecule has 0 amide bonds. The highest BCUT2D eigenvalue weighted by Gasteiger charge is 2.44. The van der Waals surface area contributed by atoms with E-state index in [1.54, 1.807) is 24.3 Å². The number of benzene rings is 1. The standard InChI is InChI=1S/C26H34FN3O4S/c1-18-15-30(16-19(2)29-18)17-21-6-5-20(14-24(21)27)23-4-3-11-28-25(23)35(31,32)22-7-9-26(10-8-22)33-12-13-34-26/h3-6,11,14,18-19,22,29H,7-10,12-13,15-17H2,1-2H3/t18-,19+. The maximum absolute atomic E-state index is 15.2. The van der Waals surface area contributed by atoms with Crippen molar-refractivity contribution >= 4 is 9.84 Å². The van der Waals surface area contributed by atoms with E-state index in [1.165, 1.54) is 12.3 Å². The molecule has 0 bridgehead atoms. The number of sulfone groups is 1. The van der Waals surface area contributed by atoms with E-state index in [-0.39, 0.29) is 10.8 Å². The Morgan fingerprint density at radius 3 is 2.46 bits per heavy atom. The van der Waals surface area contributed by atoms with Crippen LogP contribution in [-0.4, -0.2) is 67.7 Å². The van der Waals surface area contributed by atoms with Gasteiger partial charge in [0.15, 0.2) is 20.7 Å². The van der Waals surface area contributed by atoms with Crippen LogP contribution in [0.3, 0.4) is 0 Å². The molecule has 1 aliphatic carbocycles. The van der Waals surface area contributed by atoms with Gasteiger partial charge in [0.1, 0.15) is 5.82 Å². The summed E-state index contributed by atoms with van der Waals surface area (Å²) in [5.74, 6) is -0.957. The van der Waals surface area contributed by atoms with Crippen molar-refractivity contribution in [3.05, 3.63) is 47.9 Å². The number of pyridine rings is 1. The monoisotopic (exact) mass is 503 g/mol. The molecular weight excluding hydrogens is 469 g/mol. The van der Waals surface area contributed by atoms with Gasteiger partial charge in [-0.2, -0.15) is 0 Å². The first-order valence-corrected chi connectivity index (χ1v) is 14.0. The van der Waals surface area contributed by atoms with Gasteiger partial charge in [-0.05, 0) is 50.5 Å². The van der Waals surface area contributed by atoms with Gasteiger partial charge < -0.3 is 14.8 Å². The summed E-state index contributed by atoms with van der Waals surface area (Å²) in [5.41, 5.74) is 1.57. The predicted octanol–water partition coefficient (Wildman–Crippen LogP) is 3.53. The van der Waals surface area contributed by atoms with Crippen LogP contribution in [0.1, 0.15) is 45.1 Å². The molecule has 0 unspecified atom stereocenters. The Balaban J connectivity index is 1.36. The molecule has 3 fully saturated rings. The van der Waals surface area contributed by atoms with Gasteiger partial charge in [-0.1, -0.05) is 12.1 Å². The highest BCUT2D eigenvalue weighted by atomic mass is 32.2. The van der Waals surface area contributed by atoms with Crippen molar-refractivity contribution in [2.75, 3.05) is 26.3 Å². The molecule has 3 aliphatic rings. The molecule has 7 nitrogen and oxygen atoms in total. The molecule has 5 rings (SSSR count). The van der Waals surface area contributed by atoms with E-state index in [1.807, 2.05) is 0 Å². The second kappa shape index (κ2) is 9.86. The molecule has 2 aromatic rings. The molecule has 1 saturated carbocycles. The van der Waals surface area contributed by atoms with Crippen molar-refractivity contribution in [2.24, 2.45) is 0 Å². The molecule has 1 spiro atoms. The van der Waals surface area contributed by atoms with E-state index in [2.05, 4.69) is 29.0 Å². The zero-order valence-electron chi connectivity index (χ0n) is 20.4. The molecule has 2 atom stereocenters. The molecule has 190 valence electrons. The number of hydrogen-bond acceptors (Lipinski definition) is 7. The van der Waals surface area contributed by atoms with Crippen LogP contribution in [0.5, 0.6) is 0 Å². The summed E-state index contributed by atoms with van der Waals surface area (Å²) in [4.78, 5) is 6.51. The third-order valence-electron chi connectivity index (χ3n) is 7.38. The lowest BCUT2D eigenvalue weighted by molar-refractivity contribution is -0.176. The summed E-state index contributed by atoms with van der Waals surface area (Å²) >= 11 is 0. The van der Waals surface area contributed by atoms with E-state index >= 15 is 4.39 Å². The van der Waals surface area contributed by atoms with Gasteiger partial charge in [-0.3, -0.25) is 4.90 Å². The van der Waals surface area contributed by atoms with Crippen LogP contribution in [0.25, 0.3) is 11.1 Å². The summed E-state index contributed by atoms with van der Waals surface area (Å²) < 4.78 is 53.9. The maximum Gasteiger partial charge on any atom is 0.199 e. The summed E-state index contributed by atoms with van der Waals surface area (Å²) in [6, 6.07) is 9.12. The summed E-state index contributed by atoms with van der Waals surface area (Å²) in [5, 5.41) is 2.95. The molecule has 1 aromatic heterocycles. The van der Waals surface area contributed by atoms with Gasteiger partial charge in [0, 0.05) is 61.9 Å². The largest absolute Gasteiger partial charge is 0.348 e. The van der Waals surface area contributed by atoms with Gasteiger partial charge in [0.25, 0.3) is 0 Å². The SMILES string of the molecule is C[C@@H]1CN(Cc2ccc(-c3cccnc3S(=O)(=O)C3CCC4(CC3)OCCO4)cc2F)C[C@H](C)N1. The lowest BCUT2D eigenvalue weighted by Gasteiger charge is -2.36. The van der Waals surface area contributed by atoms with Crippen molar-refractivity contribution in [1.29, 1.82) is 0 Å². The Hall–Kier alpha value is -1.91. The van der Waals surface area contributed by atoms with E-state index in [0.717, 1.165) is 13.1 Å². The minimum absolute atomic E-state index is 0.0195. The predicted molar refractivity (Wildman–Crippen MR) is 131 cm³/mol. The smallest absolute Gasteiger partial charge is 0.199 e. The molecule has 35 heavy (non-hydrogen) atoms. The fourth-order valence-electron chi connectivity index (χ4n) is 5.78. The zero-order chi connectivity index (χ0) is 24.6. The van der Waals surface area contributed by atoms with Gasteiger partial charge in [0.05, 0.1) is 18.5 Å². The first-order valence-electron chi connectivity index (χ1n) is 12.5. The Kier molecular flexibility index (Phi) is 6.98. The molecule has 1 aromatic carbocycles. The zero-order valence-corrected chi connectivity index (χ0v) is 21.2. The third kappa shape index (κ3) is 5.15. The number of rotatable bonds is 5. The van der Waals surface area contributed by atoms with Crippen LogP contribution in [0.15, 0.2) is 41.6 Å². The molecule has 2 saturated heterocycles. The first kappa shape index (κ1) is 24.8. The van der Waals surface area contributed by atoms with Crippen LogP contribution in [0.2, 0.25) is 0 Å². The van der Waals surface area contributed by atoms with E-state index in [4.69, 9.17) is 9.47 Å². The Labute approximate surface area is 206 Å². The highest BCUT2D eigenvalue weighted by Crippen LogP contribution is 2.40. The van der Waals surface area contributed by atoms with Crippen LogP contribution in [0.4, 0.5) is 4.39 Å². The van der Waals surface area contributed by atoms with E-state index < -0.39 is 20.9 Å². The average Bonchev–Trinajstić information content (AvgIpc) is 3.28. The van der Waals surface area contributed by atoms with Crippen molar-refractivity contribution in [3.8, 4) is 11.1 Å².